The third-order valence-corrected chi connectivity index (χ3v) is 4.61. The first-order valence-corrected chi connectivity index (χ1v) is 8.90. The minimum absolute atomic E-state index is 0.196. The van der Waals surface area contributed by atoms with Crippen molar-refractivity contribution in [1.82, 2.24) is 4.98 Å². The number of fused-ring (bicyclic) bond motifs is 2. The molecular formula is C21H20N4O3. The summed E-state index contributed by atoms with van der Waals surface area (Å²) >= 11 is 0. The molecule has 2 aromatic carbocycles. The van der Waals surface area contributed by atoms with Gasteiger partial charge in [-0.3, -0.25) is 14.5 Å². The number of carbonyl (C=O) groups is 2. The summed E-state index contributed by atoms with van der Waals surface area (Å²) in [6.45, 7) is 3.12. The molecule has 0 radical (unpaired) electrons. The highest BCUT2D eigenvalue weighted by atomic mass is 16.5. The van der Waals surface area contributed by atoms with Crippen LogP contribution in [0.3, 0.4) is 0 Å². The Hall–Kier alpha value is -3.61. The maximum atomic E-state index is 12.9. The van der Waals surface area contributed by atoms with Gasteiger partial charge in [-0.1, -0.05) is 36.4 Å². The van der Waals surface area contributed by atoms with Crippen LogP contribution in [-0.2, 0) is 9.59 Å². The van der Waals surface area contributed by atoms with Crippen LogP contribution in [0.4, 0.5) is 17.3 Å². The van der Waals surface area contributed by atoms with Gasteiger partial charge in [0.25, 0.3) is 5.91 Å². The van der Waals surface area contributed by atoms with Gasteiger partial charge >= 0.3 is 0 Å². The summed E-state index contributed by atoms with van der Waals surface area (Å²) < 4.78 is 5.73. The Morgan fingerprint density at radius 3 is 2.71 bits per heavy atom. The lowest BCUT2D eigenvalue weighted by Crippen LogP contribution is -2.54. The Balaban J connectivity index is 1.63. The Kier molecular flexibility index (Phi) is 4.15. The van der Waals surface area contributed by atoms with E-state index in [2.05, 4.69) is 10.3 Å². The fourth-order valence-corrected chi connectivity index (χ4v) is 3.28. The number of nitrogens with one attached hydrogen (secondary N) is 1. The second-order valence-electron chi connectivity index (χ2n) is 7.14. The molecule has 3 N–H and O–H groups in total. The molecule has 2 heterocycles. The molecule has 4 rings (SSSR count). The Labute approximate surface area is 162 Å². The highest BCUT2D eigenvalue weighted by molar-refractivity contribution is 6.09. The minimum Gasteiger partial charge on any atom is -0.474 e. The number of nitrogens with two attached hydrogens (primary N) is 1. The maximum Gasteiger partial charge on any atom is 0.272 e. The van der Waals surface area contributed by atoms with E-state index >= 15 is 0 Å². The van der Waals surface area contributed by atoms with Gasteiger partial charge in [0.1, 0.15) is 12.4 Å². The highest BCUT2D eigenvalue weighted by Crippen LogP contribution is 2.36. The summed E-state index contributed by atoms with van der Waals surface area (Å²) in [5.41, 5.74) is 5.35. The van der Waals surface area contributed by atoms with Crippen molar-refractivity contribution in [2.45, 2.75) is 19.4 Å². The van der Waals surface area contributed by atoms with Crippen molar-refractivity contribution < 1.29 is 14.3 Å². The minimum atomic E-state index is -1.11. The van der Waals surface area contributed by atoms with E-state index in [-0.39, 0.29) is 30.0 Å². The normalized spacial score (nSPS) is 15.1. The van der Waals surface area contributed by atoms with E-state index in [1.165, 1.54) is 4.90 Å². The summed E-state index contributed by atoms with van der Waals surface area (Å²) in [7, 11) is 0. The largest absolute Gasteiger partial charge is 0.474 e. The van der Waals surface area contributed by atoms with Crippen LogP contribution in [0.1, 0.15) is 13.8 Å². The van der Waals surface area contributed by atoms with Gasteiger partial charge in [-0.25, -0.2) is 4.98 Å². The third kappa shape index (κ3) is 3.11. The standard InChI is InChI=1S/C21H20N4O3/c1-21(2)20(27)25(19-16(28-21)10-11-17(22)24-19)12-18(26)23-15-9-5-7-13-6-3-4-8-14(13)15/h3-11H,12H2,1-2H3,(H2,22,24)(H,23,26). The number of aromatic nitrogens is 1. The molecule has 1 aliphatic rings. The molecule has 2 amide bonds. The van der Waals surface area contributed by atoms with Crippen molar-refractivity contribution in [2.24, 2.45) is 0 Å². The topological polar surface area (TPSA) is 97.6 Å². The smallest absolute Gasteiger partial charge is 0.272 e. The van der Waals surface area contributed by atoms with Crippen molar-refractivity contribution in [3.05, 3.63) is 54.6 Å². The van der Waals surface area contributed by atoms with Gasteiger partial charge in [0.15, 0.2) is 17.2 Å². The molecule has 0 atom stereocenters. The molecule has 0 spiro atoms. The van der Waals surface area contributed by atoms with E-state index in [1.807, 2.05) is 42.5 Å². The molecule has 0 bridgehead atoms. The quantitative estimate of drug-likeness (QED) is 0.732. The molecule has 142 valence electrons. The predicted octanol–water partition coefficient (Wildman–Crippen LogP) is 2.96. The molecule has 7 nitrogen and oxygen atoms in total. The number of ether oxygens (including phenoxy) is 1. The Morgan fingerprint density at radius 2 is 1.89 bits per heavy atom. The van der Waals surface area contributed by atoms with Crippen molar-refractivity contribution in [3.8, 4) is 5.75 Å². The lowest BCUT2D eigenvalue weighted by molar-refractivity contribution is -0.133. The van der Waals surface area contributed by atoms with Gasteiger partial charge in [0.2, 0.25) is 5.91 Å². The summed E-state index contributed by atoms with van der Waals surface area (Å²) in [5.74, 6) is 0.215. The van der Waals surface area contributed by atoms with E-state index in [1.54, 1.807) is 26.0 Å². The van der Waals surface area contributed by atoms with Gasteiger partial charge in [-0.05, 0) is 37.4 Å². The first-order chi connectivity index (χ1) is 13.3. The number of benzene rings is 2. The number of amides is 2. The fraction of sp³-hybridized carbons (Fsp3) is 0.190. The summed E-state index contributed by atoms with van der Waals surface area (Å²) in [5, 5.41) is 4.84. The summed E-state index contributed by atoms with van der Waals surface area (Å²) in [6.07, 6.45) is 0. The van der Waals surface area contributed by atoms with Gasteiger partial charge in [-0.15, -0.1) is 0 Å². The molecule has 0 saturated carbocycles. The van der Waals surface area contributed by atoms with Crippen LogP contribution in [0.2, 0.25) is 0 Å². The lowest BCUT2D eigenvalue weighted by atomic mass is 10.1. The van der Waals surface area contributed by atoms with Crippen LogP contribution in [0.25, 0.3) is 10.8 Å². The van der Waals surface area contributed by atoms with Crippen molar-refractivity contribution in [3.63, 3.8) is 0 Å². The van der Waals surface area contributed by atoms with Gasteiger partial charge in [-0.2, -0.15) is 0 Å². The average Bonchev–Trinajstić information content (AvgIpc) is 2.66. The zero-order valence-electron chi connectivity index (χ0n) is 15.6. The Bertz CT molecular complexity index is 1090. The van der Waals surface area contributed by atoms with Crippen LogP contribution in [0, 0.1) is 0 Å². The molecule has 1 aliphatic heterocycles. The van der Waals surface area contributed by atoms with Crippen molar-refractivity contribution >= 4 is 39.9 Å². The first kappa shape index (κ1) is 17.8. The first-order valence-electron chi connectivity index (χ1n) is 8.90. The molecule has 0 saturated heterocycles. The van der Waals surface area contributed by atoms with Crippen molar-refractivity contribution in [1.29, 1.82) is 0 Å². The average molecular weight is 376 g/mol. The van der Waals surface area contributed by atoms with Crippen LogP contribution in [-0.4, -0.2) is 28.9 Å². The van der Waals surface area contributed by atoms with Gasteiger partial charge < -0.3 is 15.8 Å². The number of nitrogen functional groups attached to an aromatic ring is 1. The number of hydrogen-bond donors (Lipinski definition) is 2. The fourth-order valence-electron chi connectivity index (χ4n) is 3.28. The third-order valence-electron chi connectivity index (χ3n) is 4.61. The van der Waals surface area contributed by atoms with E-state index in [9.17, 15) is 9.59 Å². The van der Waals surface area contributed by atoms with E-state index in [4.69, 9.17) is 10.5 Å². The second kappa shape index (κ2) is 6.53. The summed E-state index contributed by atoms with van der Waals surface area (Å²) in [4.78, 5) is 31.1. The van der Waals surface area contributed by atoms with E-state index in [0.29, 0.717) is 11.4 Å². The number of nitrogens with zero attached hydrogens (tertiary/aromatic N) is 2. The van der Waals surface area contributed by atoms with Gasteiger partial charge in [0.05, 0.1) is 0 Å². The molecule has 1 aromatic heterocycles. The monoisotopic (exact) mass is 376 g/mol. The molecule has 7 heteroatoms. The number of pyridine rings is 1. The van der Waals surface area contributed by atoms with Crippen LogP contribution in [0.5, 0.6) is 5.75 Å². The zero-order chi connectivity index (χ0) is 19.9. The van der Waals surface area contributed by atoms with Crippen LogP contribution >= 0.6 is 0 Å². The van der Waals surface area contributed by atoms with Crippen LogP contribution in [0.15, 0.2) is 54.6 Å². The molecule has 3 aromatic rings. The van der Waals surface area contributed by atoms with Crippen molar-refractivity contribution in [2.75, 3.05) is 22.5 Å². The van der Waals surface area contributed by atoms with Gasteiger partial charge in [0, 0.05) is 11.1 Å². The number of rotatable bonds is 3. The Morgan fingerprint density at radius 1 is 1.14 bits per heavy atom. The number of anilines is 3. The van der Waals surface area contributed by atoms with E-state index < -0.39 is 5.60 Å². The maximum absolute atomic E-state index is 12.9. The number of carbonyl (C=O) groups excluding carboxylic acids is 2. The lowest BCUT2D eigenvalue weighted by Gasteiger charge is -2.37. The molecule has 0 fully saturated rings. The summed E-state index contributed by atoms with van der Waals surface area (Å²) in [6, 6.07) is 16.7. The number of hydrogen-bond acceptors (Lipinski definition) is 5. The second-order valence-corrected chi connectivity index (χ2v) is 7.14. The highest BCUT2D eigenvalue weighted by Gasteiger charge is 2.42. The predicted molar refractivity (Wildman–Crippen MR) is 108 cm³/mol. The molecular weight excluding hydrogens is 356 g/mol. The molecule has 0 aliphatic carbocycles. The molecule has 28 heavy (non-hydrogen) atoms. The zero-order valence-corrected chi connectivity index (χ0v) is 15.6. The van der Waals surface area contributed by atoms with Crippen LogP contribution < -0.4 is 20.7 Å². The SMILES string of the molecule is CC1(C)Oc2ccc(N)nc2N(CC(=O)Nc2cccc3ccccc23)C1=O. The molecule has 0 unspecified atom stereocenters. The van der Waals surface area contributed by atoms with E-state index in [0.717, 1.165) is 10.8 Å².